The van der Waals surface area contributed by atoms with Crippen LogP contribution in [0.3, 0.4) is 0 Å². The molecule has 1 atom stereocenters. The molecule has 4 heteroatoms. The van der Waals surface area contributed by atoms with Crippen molar-refractivity contribution >= 4 is 22.8 Å². The number of benzene rings is 1. The number of hydrogen-bond donors (Lipinski definition) is 0. The number of halogens is 1. The molecule has 96 valence electrons. The van der Waals surface area contributed by atoms with Crippen molar-refractivity contribution < 1.29 is 0 Å². The van der Waals surface area contributed by atoms with Crippen LogP contribution in [0.25, 0.3) is 16.9 Å². The minimum Gasteiger partial charge on any atom is -0.279 e. The van der Waals surface area contributed by atoms with E-state index < -0.39 is 0 Å². The highest BCUT2D eigenvalue weighted by Crippen LogP contribution is 2.28. The van der Waals surface area contributed by atoms with Crippen molar-refractivity contribution in [3.8, 4) is 5.69 Å². The number of rotatable bonds is 2. The Hall–Kier alpha value is -1.87. The largest absolute Gasteiger partial charge is 0.279 e. The molecular formula is C15H14ClN3. The molecule has 0 aliphatic rings. The van der Waals surface area contributed by atoms with Crippen molar-refractivity contribution in [1.29, 1.82) is 0 Å². The molecule has 1 aromatic carbocycles. The van der Waals surface area contributed by atoms with Gasteiger partial charge in [-0.25, -0.2) is 9.97 Å². The standard InChI is InChI=1S/C15H14ClN3/c1-10-6-3-4-8-13(10)19-14(11(2)16)18-12-7-5-9-17-15(12)19/h3-9,11H,1-2H3. The van der Waals surface area contributed by atoms with E-state index in [1.807, 2.05) is 35.8 Å². The lowest BCUT2D eigenvalue weighted by atomic mass is 10.2. The monoisotopic (exact) mass is 271 g/mol. The average molecular weight is 272 g/mol. The van der Waals surface area contributed by atoms with Gasteiger partial charge in [-0.15, -0.1) is 11.6 Å². The van der Waals surface area contributed by atoms with Gasteiger partial charge in [0.15, 0.2) is 5.65 Å². The Morgan fingerprint density at radius 3 is 2.68 bits per heavy atom. The topological polar surface area (TPSA) is 30.7 Å². The fourth-order valence-electron chi connectivity index (χ4n) is 2.25. The van der Waals surface area contributed by atoms with E-state index in [9.17, 15) is 0 Å². The van der Waals surface area contributed by atoms with Crippen molar-refractivity contribution in [1.82, 2.24) is 14.5 Å². The van der Waals surface area contributed by atoms with Gasteiger partial charge in [-0.2, -0.15) is 0 Å². The Labute approximate surface area is 116 Å². The normalized spacial score (nSPS) is 12.8. The molecule has 2 aromatic heterocycles. The molecule has 0 aliphatic carbocycles. The van der Waals surface area contributed by atoms with Crippen LogP contribution in [-0.4, -0.2) is 14.5 Å². The van der Waals surface area contributed by atoms with Gasteiger partial charge in [0, 0.05) is 6.20 Å². The predicted molar refractivity (Wildman–Crippen MR) is 77.9 cm³/mol. The van der Waals surface area contributed by atoms with E-state index in [2.05, 4.69) is 29.0 Å². The molecule has 2 heterocycles. The molecule has 0 bridgehead atoms. The Morgan fingerprint density at radius 1 is 1.16 bits per heavy atom. The van der Waals surface area contributed by atoms with Crippen LogP contribution in [0, 0.1) is 6.92 Å². The number of fused-ring (bicyclic) bond motifs is 1. The zero-order valence-electron chi connectivity index (χ0n) is 10.8. The lowest BCUT2D eigenvalue weighted by Gasteiger charge is -2.12. The fraction of sp³-hybridized carbons (Fsp3) is 0.200. The summed E-state index contributed by atoms with van der Waals surface area (Å²) in [5.74, 6) is 0.824. The van der Waals surface area contributed by atoms with Crippen LogP contribution < -0.4 is 0 Å². The maximum atomic E-state index is 6.27. The number of aromatic nitrogens is 3. The quantitative estimate of drug-likeness (QED) is 0.659. The second-order valence-corrected chi connectivity index (χ2v) is 5.21. The van der Waals surface area contributed by atoms with Gasteiger partial charge in [0.2, 0.25) is 0 Å². The van der Waals surface area contributed by atoms with Crippen LogP contribution in [0.15, 0.2) is 42.6 Å². The summed E-state index contributed by atoms with van der Waals surface area (Å²) in [5.41, 5.74) is 3.96. The first kappa shape index (κ1) is 12.2. The first-order valence-corrected chi connectivity index (χ1v) is 6.65. The highest BCUT2D eigenvalue weighted by molar-refractivity contribution is 6.20. The molecule has 3 nitrogen and oxygen atoms in total. The van der Waals surface area contributed by atoms with Gasteiger partial charge in [0.1, 0.15) is 11.3 Å². The molecular weight excluding hydrogens is 258 g/mol. The maximum Gasteiger partial charge on any atom is 0.164 e. The van der Waals surface area contributed by atoms with Gasteiger partial charge in [-0.05, 0) is 37.6 Å². The minimum absolute atomic E-state index is 0.172. The molecule has 0 saturated carbocycles. The summed E-state index contributed by atoms with van der Waals surface area (Å²) < 4.78 is 2.04. The third-order valence-corrected chi connectivity index (χ3v) is 3.35. The van der Waals surface area contributed by atoms with Gasteiger partial charge in [-0.3, -0.25) is 4.57 Å². The zero-order valence-corrected chi connectivity index (χ0v) is 11.6. The third kappa shape index (κ3) is 2.00. The van der Waals surface area contributed by atoms with Crippen LogP contribution in [0.1, 0.15) is 23.7 Å². The van der Waals surface area contributed by atoms with Crippen molar-refractivity contribution in [2.45, 2.75) is 19.2 Å². The summed E-state index contributed by atoms with van der Waals surface area (Å²) in [7, 11) is 0. The maximum absolute atomic E-state index is 6.27. The lowest BCUT2D eigenvalue weighted by Crippen LogP contribution is -2.04. The molecule has 0 aliphatic heterocycles. The number of alkyl halides is 1. The molecule has 3 aromatic rings. The van der Waals surface area contributed by atoms with E-state index in [1.165, 1.54) is 5.56 Å². The molecule has 0 amide bonds. The zero-order chi connectivity index (χ0) is 13.4. The second kappa shape index (κ2) is 4.67. The van der Waals surface area contributed by atoms with E-state index in [4.69, 9.17) is 11.6 Å². The average Bonchev–Trinajstić information content (AvgIpc) is 2.79. The number of nitrogens with zero attached hydrogens (tertiary/aromatic N) is 3. The van der Waals surface area contributed by atoms with Crippen LogP contribution in [0.2, 0.25) is 0 Å². The number of imidazole rings is 1. The second-order valence-electron chi connectivity index (χ2n) is 4.55. The first-order valence-electron chi connectivity index (χ1n) is 6.22. The van der Waals surface area contributed by atoms with Crippen LogP contribution in [0.4, 0.5) is 0 Å². The Balaban J connectivity index is 2.38. The van der Waals surface area contributed by atoms with Gasteiger partial charge in [-0.1, -0.05) is 18.2 Å². The number of pyridine rings is 1. The summed E-state index contributed by atoms with van der Waals surface area (Å²) in [6.07, 6.45) is 1.78. The predicted octanol–water partition coefficient (Wildman–Crippen LogP) is 4.03. The summed E-state index contributed by atoms with van der Waals surface area (Å²) in [5, 5.41) is -0.172. The molecule has 0 fully saturated rings. The summed E-state index contributed by atoms with van der Waals surface area (Å²) >= 11 is 6.27. The van der Waals surface area contributed by atoms with Crippen LogP contribution >= 0.6 is 11.6 Å². The smallest absolute Gasteiger partial charge is 0.164 e. The van der Waals surface area contributed by atoms with E-state index in [0.29, 0.717) is 0 Å². The van der Waals surface area contributed by atoms with Crippen molar-refractivity contribution in [2.24, 2.45) is 0 Å². The van der Waals surface area contributed by atoms with Crippen molar-refractivity contribution in [2.75, 3.05) is 0 Å². The summed E-state index contributed by atoms with van der Waals surface area (Å²) in [6.45, 7) is 4.00. The minimum atomic E-state index is -0.172. The third-order valence-electron chi connectivity index (χ3n) is 3.15. The summed E-state index contributed by atoms with van der Waals surface area (Å²) in [4.78, 5) is 9.04. The highest BCUT2D eigenvalue weighted by atomic mass is 35.5. The Bertz CT molecular complexity index is 731. The van der Waals surface area contributed by atoms with Gasteiger partial charge >= 0.3 is 0 Å². The molecule has 1 unspecified atom stereocenters. The molecule has 0 saturated heterocycles. The van der Waals surface area contributed by atoms with E-state index >= 15 is 0 Å². The van der Waals surface area contributed by atoms with Gasteiger partial charge in [0.05, 0.1) is 11.1 Å². The summed E-state index contributed by atoms with van der Waals surface area (Å²) in [6, 6.07) is 12.0. The molecule has 0 N–H and O–H groups in total. The molecule has 19 heavy (non-hydrogen) atoms. The Kier molecular flexibility index (Phi) is 2.99. The van der Waals surface area contributed by atoms with Crippen molar-refractivity contribution in [3.05, 3.63) is 54.0 Å². The van der Waals surface area contributed by atoms with Crippen LogP contribution in [-0.2, 0) is 0 Å². The number of para-hydroxylation sites is 1. The van der Waals surface area contributed by atoms with Crippen molar-refractivity contribution in [3.63, 3.8) is 0 Å². The fourth-order valence-corrected chi connectivity index (χ4v) is 2.39. The van der Waals surface area contributed by atoms with E-state index in [-0.39, 0.29) is 5.38 Å². The lowest BCUT2D eigenvalue weighted by molar-refractivity contribution is 0.873. The van der Waals surface area contributed by atoms with Gasteiger partial charge < -0.3 is 0 Å². The van der Waals surface area contributed by atoms with E-state index in [1.54, 1.807) is 6.20 Å². The molecule has 3 rings (SSSR count). The van der Waals surface area contributed by atoms with Gasteiger partial charge in [0.25, 0.3) is 0 Å². The first-order chi connectivity index (χ1) is 9.18. The molecule has 0 spiro atoms. The van der Waals surface area contributed by atoms with E-state index in [0.717, 1.165) is 22.7 Å². The van der Waals surface area contributed by atoms with Crippen LogP contribution in [0.5, 0.6) is 0 Å². The number of aryl methyl sites for hydroxylation is 1. The number of hydrogen-bond acceptors (Lipinski definition) is 2. The highest BCUT2D eigenvalue weighted by Gasteiger charge is 2.17. The molecule has 0 radical (unpaired) electrons. The SMILES string of the molecule is Cc1ccccc1-n1c(C(C)Cl)nc2cccnc21. The Morgan fingerprint density at radius 2 is 1.95 bits per heavy atom.